The number of benzene rings is 2. The first-order chi connectivity index (χ1) is 18.2. The second-order valence-electron chi connectivity index (χ2n) is 9.64. The molecule has 1 aliphatic rings. The van der Waals surface area contributed by atoms with E-state index in [1.54, 1.807) is 23.8 Å². The summed E-state index contributed by atoms with van der Waals surface area (Å²) in [6, 6.07) is 13.5. The van der Waals surface area contributed by atoms with E-state index in [2.05, 4.69) is 10.3 Å². The van der Waals surface area contributed by atoms with Gasteiger partial charge in [0.2, 0.25) is 10.0 Å². The summed E-state index contributed by atoms with van der Waals surface area (Å²) in [4.78, 5) is 17.5. The van der Waals surface area contributed by atoms with Crippen molar-refractivity contribution in [3.05, 3.63) is 76.2 Å². The van der Waals surface area contributed by atoms with E-state index in [-0.39, 0.29) is 30.5 Å². The number of aliphatic hydroxyl groups is 1. The maximum Gasteiger partial charge on any atom is 0.407 e. The first kappa shape index (κ1) is 28.0. The Kier molecular flexibility index (Phi) is 9.37. The summed E-state index contributed by atoms with van der Waals surface area (Å²) in [6.07, 6.45) is 0.669. The maximum absolute atomic E-state index is 13.7. The molecule has 0 fully saturated rings. The van der Waals surface area contributed by atoms with Crippen molar-refractivity contribution in [2.24, 2.45) is 5.92 Å². The van der Waals surface area contributed by atoms with Gasteiger partial charge in [0.05, 0.1) is 34.0 Å². The molecule has 4 rings (SSSR count). The van der Waals surface area contributed by atoms with Crippen LogP contribution in [0.2, 0.25) is 0 Å². The highest BCUT2D eigenvalue weighted by Gasteiger charge is 2.32. The van der Waals surface area contributed by atoms with Crippen molar-refractivity contribution in [1.29, 1.82) is 0 Å². The van der Waals surface area contributed by atoms with E-state index >= 15 is 0 Å². The van der Waals surface area contributed by atoms with Crippen LogP contribution in [0.1, 0.15) is 29.9 Å². The zero-order chi connectivity index (χ0) is 27.1. The van der Waals surface area contributed by atoms with Crippen molar-refractivity contribution in [2.75, 3.05) is 19.7 Å². The molecule has 1 aromatic heterocycles. The molecule has 0 saturated heterocycles. The number of alkyl carbamates (subject to hydrolysis) is 1. The van der Waals surface area contributed by atoms with Crippen LogP contribution in [-0.2, 0) is 34.2 Å². The normalized spacial score (nSPS) is 14.7. The van der Waals surface area contributed by atoms with Crippen molar-refractivity contribution in [1.82, 2.24) is 14.6 Å². The van der Waals surface area contributed by atoms with Crippen LogP contribution in [0.5, 0.6) is 5.75 Å². The molecule has 2 heterocycles. The van der Waals surface area contributed by atoms with Gasteiger partial charge in [-0.2, -0.15) is 4.31 Å². The molecule has 0 saturated carbocycles. The van der Waals surface area contributed by atoms with E-state index in [1.807, 2.05) is 44.2 Å². The van der Waals surface area contributed by atoms with Gasteiger partial charge in [0, 0.05) is 25.7 Å². The third-order valence-electron chi connectivity index (χ3n) is 6.15. The average Bonchev–Trinajstić information content (AvgIpc) is 3.58. The molecule has 0 aliphatic carbocycles. The molecular weight excluding hydrogens is 526 g/mol. The lowest BCUT2D eigenvalue weighted by molar-refractivity contribution is 0.0876. The number of nitrogens with zero attached hydrogens (tertiary/aromatic N) is 2. The zero-order valence-corrected chi connectivity index (χ0v) is 23.1. The van der Waals surface area contributed by atoms with Gasteiger partial charge in [0.1, 0.15) is 12.4 Å². The Labute approximate surface area is 227 Å². The number of hydrogen-bond acceptors (Lipinski definition) is 8. The Morgan fingerprint density at radius 3 is 2.71 bits per heavy atom. The molecule has 11 heteroatoms. The highest BCUT2D eigenvalue weighted by atomic mass is 32.2. The Balaban J connectivity index is 1.52. The van der Waals surface area contributed by atoms with E-state index in [1.165, 1.54) is 21.7 Å². The van der Waals surface area contributed by atoms with Gasteiger partial charge >= 0.3 is 6.09 Å². The van der Waals surface area contributed by atoms with Gasteiger partial charge in [-0.25, -0.2) is 13.2 Å². The van der Waals surface area contributed by atoms with E-state index in [9.17, 15) is 18.3 Å². The van der Waals surface area contributed by atoms with Gasteiger partial charge in [-0.15, -0.1) is 11.3 Å². The van der Waals surface area contributed by atoms with E-state index in [0.29, 0.717) is 25.2 Å². The van der Waals surface area contributed by atoms with Crippen molar-refractivity contribution >= 4 is 27.5 Å². The number of carbonyl (C=O) groups excluding carboxylic acids is 1. The van der Waals surface area contributed by atoms with Crippen LogP contribution in [0.25, 0.3) is 0 Å². The molecule has 0 bridgehead atoms. The number of aliphatic hydroxyl groups excluding tert-OH is 1. The number of rotatable bonds is 12. The van der Waals surface area contributed by atoms with Crippen LogP contribution in [-0.4, -0.2) is 60.7 Å². The summed E-state index contributed by atoms with van der Waals surface area (Å²) in [6.45, 7) is 4.44. The maximum atomic E-state index is 13.7. The first-order valence-electron chi connectivity index (χ1n) is 12.5. The van der Waals surface area contributed by atoms with E-state index in [0.717, 1.165) is 16.0 Å². The monoisotopic (exact) mass is 559 g/mol. The Bertz CT molecular complexity index is 1300. The van der Waals surface area contributed by atoms with Crippen molar-refractivity contribution in [3.8, 4) is 5.75 Å². The highest BCUT2D eigenvalue weighted by molar-refractivity contribution is 7.89. The van der Waals surface area contributed by atoms with Crippen LogP contribution < -0.4 is 10.1 Å². The number of thiazole rings is 1. The van der Waals surface area contributed by atoms with E-state index in [4.69, 9.17) is 9.47 Å². The van der Waals surface area contributed by atoms with Crippen LogP contribution in [0.4, 0.5) is 4.79 Å². The predicted molar refractivity (Wildman–Crippen MR) is 145 cm³/mol. The van der Waals surface area contributed by atoms with Crippen LogP contribution in [0, 0.1) is 5.92 Å². The Hall–Kier alpha value is -2.99. The Morgan fingerprint density at radius 1 is 1.21 bits per heavy atom. The molecule has 2 unspecified atom stereocenters. The SMILES string of the molecule is CC(C)CN(CC(O)C(Cc1ccccc1)NC(=O)OCc1cncs1)S(=O)(=O)c1ccc2c(c1)CCO2. The summed E-state index contributed by atoms with van der Waals surface area (Å²) in [5, 5.41) is 14.1. The number of hydrogen-bond donors (Lipinski definition) is 2. The molecule has 1 aliphatic heterocycles. The van der Waals surface area contributed by atoms with Crippen LogP contribution in [0.15, 0.2) is 65.1 Å². The molecular formula is C27H33N3O6S2. The lowest BCUT2D eigenvalue weighted by atomic mass is 10.0. The fourth-order valence-electron chi connectivity index (χ4n) is 4.28. The largest absolute Gasteiger partial charge is 0.493 e. The standard InChI is InChI=1S/C27H33N3O6S2/c1-19(2)15-30(38(33,34)23-8-9-26-21(13-23)10-11-35-26)16-25(31)24(12-20-6-4-3-5-7-20)29-27(32)36-17-22-14-28-18-37-22/h3-9,13-14,18-19,24-25,31H,10-12,15-17H2,1-2H3,(H,29,32). The lowest BCUT2D eigenvalue weighted by Crippen LogP contribution is -2.51. The molecule has 3 aromatic rings. The van der Waals surface area contributed by atoms with Gasteiger partial charge in [-0.05, 0) is 41.7 Å². The van der Waals surface area contributed by atoms with Gasteiger partial charge in [-0.3, -0.25) is 4.98 Å². The first-order valence-corrected chi connectivity index (χ1v) is 14.8. The molecule has 2 N–H and O–H groups in total. The van der Waals surface area contributed by atoms with Crippen LogP contribution >= 0.6 is 11.3 Å². The molecule has 0 radical (unpaired) electrons. The predicted octanol–water partition coefficient (Wildman–Crippen LogP) is 3.62. The quantitative estimate of drug-likeness (QED) is 0.348. The summed E-state index contributed by atoms with van der Waals surface area (Å²) in [5.41, 5.74) is 3.38. The minimum Gasteiger partial charge on any atom is -0.493 e. The number of ether oxygens (including phenoxy) is 2. The van der Waals surface area contributed by atoms with Gasteiger partial charge in [0.15, 0.2) is 0 Å². The molecule has 2 atom stereocenters. The third-order valence-corrected chi connectivity index (χ3v) is 8.73. The zero-order valence-electron chi connectivity index (χ0n) is 21.4. The smallest absolute Gasteiger partial charge is 0.407 e. The topological polar surface area (TPSA) is 118 Å². The third kappa shape index (κ3) is 7.31. The lowest BCUT2D eigenvalue weighted by Gasteiger charge is -2.30. The van der Waals surface area contributed by atoms with E-state index < -0.39 is 28.3 Å². The highest BCUT2D eigenvalue weighted by Crippen LogP contribution is 2.29. The fourth-order valence-corrected chi connectivity index (χ4v) is 6.46. The molecule has 38 heavy (non-hydrogen) atoms. The molecule has 1 amide bonds. The van der Waals surface area contributed by atoms with Crippen molar-refractivity contribution in [3.63, 3.8) is 0 Å². The number of aromatic nitrogens is 1. The number of nitrogens with one attached hydrogen (secondary N) is 1. The van der Waals surface area contributed by atoms with Crippen molar-refractivity contribution in [2.45, 2.75) is 50.3 Å². The second-order valence-corrected chi connectivity index (χ2v) is 12.5. The number of fused-ring (bicyclic) bond motifs is 1. The Morgan fingerprint density at radius 2 is 2.00 bits per heavy atom. The van der Waals surface area contributed by atoms with Crippen LogP contribution in [0.3, 0.4) is 0 Å². The summed E-state index contributed by atoms with van der Waals surface area (Å²) in [7, 11) is -3.92. The summed E-state index contributed by atoms with van der Waals surface area (Å²) < 4.78 is 39.5. The van der Waals surface area contributed by atoms with Gasteiger partial charge < -0.3 is 19.9 Å². The molecule has 204 valence electrons. The summed E-state index contributed by atoms with van der Waals surface area (Å²) in [5.74, 6) is 0.711. The molecule has 0 spiro atoms. The number of amides is 1. The number of carbonyl (C=O) groups is 1. The molecule has 9 nitrogen and oxygen atoms in total. The molecule has 2 aromatic carbocycles. The summed E-state index contributed by atoms with van der Waals surface area (Å²) >= 11 is 1.37. The number of sulfonamides is 1. The van der Waals surface area contributed by atoms with Gasteiger partial charge in [-0.1, -0.05) is 44.2 Å². The second kappa shape index (κ2) is 12.7. The van der Waals surface area contributed by atoms with Crippen molar-refractivity contribution < 1.29 is 27.8 Å². The average molecular weight is 560 g/mol. The van der Waals surface area contributed by atoms with Gasteiger partial charge in [0.25, 0.3) is 0 Å². The minimum absolute atomic E-state index is 0.0136. The fraction of sp³-hybridized carbons (Fsp3) is 0.407. The minimum atomic E-state index is -3.92.